The van der Waals surface area contributed by atoms with Crippen LogP contribution in [0.5, 0.6) is 5.75 Å². The Balaban J connectivity index is 1.73. The zero-order chi connectivity index (χ0) is 16.9. The van der Waals surface area contributed by atoms with Crippen molar-refractivity contribution in [3.63, 3.8) is 0 Å². The fraction of sp³-hybridized carbons (Fsp3) is 0.476. The van der Waals surface area contributed by atoms with E-state index in [0.717, 1.165) is 12.3 Å². The first-order chi connectivity index (χ1) is 11.7. The molecule has 0 atom stereocenters. The maximum absolute atomic E-state index is 14.3. The Morgan fingerprint density at radius 3 is 2.54 bits per heavy atom. The van der Waals surface area contributed by atoms with Gasteiger partial charge in [0.1, 0.15) is 11.6 Å². The van der Waals surface area contributed by atoms with Crippen molar-refractivity contribution in [1.29, 1.82) is 0 Å². The zero-order valence-electron chi connectivity index (χ0n) is 14.6. The van der Waals surface area contributed by atoms with E-state index in [-0.39, 0.29) is 5.82 Å². The smallest absolute Gasteiger partial charge is 0.136 e. The number of rotatable bonds is 5. The lowest BCUT2D eigenvalue weighted by Gasteiger charge is -2.26. The number of ether oxygens (including phenoxy) is 1. The summed E-state index contributed by atoms with van der Waals surface area (Å²) in [5, 5.41) is 0. The highest BCUT2D eigenvalue weighted by Crippen LogP contribution is 2.35. The highest BCUT2D eigenvalue weighted by Gasteiger charge is 2.20. The van der Waals surface area contributed by atoms with Crippen molar-refractivity contribution in [3.05, 3.63) is 47.9 Å². The molecule has 1 aliphatic carbocycles. The third kappa shape index (κ3) is 3.95. The fourth-order valence-electron chi connectivity index (χ4n) is 3.41. The summed E-state index contributed by atoms with van der Waals surface area (Å²) in [6, 6.07) is 9.07. The lowest BCUT2D eigenvalue weighted by Crippen LogP contribution is -2.11. The van der Waals surface area contributed by atoms with Crippen molar-refractivity contribution in [3.8, 4) is 17.0 Å². The summed E-state index contributed by atoms with van der Waals surface area (Å²) in [7, 11) is 0. The number of aromatic nitrogens is 1. The number of hydrogen-bond acceptors (Lipinski definition) is 2. The van der Waals surface area contributed by atoms with Crippen LogP contribution in [0.25, 0.3) is 11.3 Å². The van der Waals surface area contributed by atoms with Gasteiger partial charge in [0.2, 0.25) is 0 Å². The topological polar surface area (TPSA) is 22.1 Å². The van der Waals surface area contributed by atoms with Gasteiger partial charge in [-0.2, -0.15) is 0 Å². The van der Waals surface area contributed by atoms with Gasteiger partial charge in [0.05, 0.1) is 12.3 Å². The summed E-state index contributed by atoms with van der Waals surface area (Å²) in [6.07, 6.45) is 7.89. The zero-order valence-corrected chi connectivity index (χ0v) is 14.6. The van der Waals surface area contributed by atoms with Crippen molar-refractivity contribution < 1.29 is 9.13 Å². The lowest BCUT2D eigenvalue weighted by molar-refractivity contribution is 0.316. The predicted molar refractivity (Wildman–Crippen MR) is 95.8 cm³/mol. The largest absolute Gasteiger partial charge is 0.494 e. The molecule has 0 bridgehead atoms. The van der Waals surface area contributed by atoms with E-state index in [4.69, 9.17) is 4.74 Å². The molecule has 1 heterocycles. The molecule has 1 aromatic carbocycles. The SMILES string of the molecule is CCCOc1ccc(-c2ccc([C@H]3CC[C@H](C)CC3)cn2)c(F)c1. The van der Waals surface area contributed by atoms with E-state index in [1.807, 2.05) is 25.3 Å². The molecule has 0 unspecified atom stereocenters. The van der Waals surface area contributed by atoms with Crippen molar-refractivity contribution in [2.24, 2.45) is 5.92 Å². The van der Waals surface area contributed by atoms with Crippen molar-refractivity contribution in [2.45, 2.75) is 51.9 Å². The number of benzene rings is 1. The standard InChI is InChI=1S/C21H26FNO/c1-3-12-24-18-9-10-19(20(22)13-18)21-11-8-17(14-23-21)16-6-4-15(2)5-7-16/h8-11,13-16H,3-7,12H2,1-2H3/t15-,16-. The number of pyridine rings is 1. The van der Waals surface area contributed by atoms with Gasteiger partial charge >= 0.3 is 0 Å². The van der Waals surface area contributed by atoms with E-state index >= 15 is 0 Å². The van der Waals surface area contributed by atoms with Crippen LogP contribution in [0.2, 0.25) is 0 Å². The maximum Gasteiger partial charge on any atom is 0.136 e. The molecule has 1 saturated carbocycles. The molecule has 3 rings (SSSR count). The molecule has 0 aliphatic heterocycles. The van der Waals surface area contributed by atoms with Gasteiger partial charge in [0.25, 0.3) is 0 Å². The molecule has 0 radical (unpaired) electrons. The molecule has 2 aromatic rings. The number of hydrogen-bond donors (Lipinski definition) is 0. The van der Waals surface area contributed by atoms with E-state index in [0.29, 0.717) is 29.5 Å². The van der Waals surface area contributed by atoms with E-state index in [2.05, 4.69) is 18.0 Å². The Labute approximate surface area is 144 Å². The summed E-state index contributed by atoms with van der Waals surface area (Å²) in [4.78, 5) is 4.52. The van der Waals surface area contributed by atoms with Crippen molar-refractivity contribution in [1.82, 2.24) is 4.98 Å². The van der Waals surface area contributed by atoms with Gasteiger partial charge in [-0.1, -0.05) is 32.8 Å². The Morgan fingerprint density at radius 1 is 1.12 bits per heavy atom. The third-order valence-electron chi connectivity index (χ3n) is 4.96. The van der Waals surface area contributed by atoms with E-state index in [1.54, 1.807) is 6.07 Å². The molecule has 1 aromatic heterocycles. The van der Waals surface area contributed by atoms with Gasteiger partial charge in [0.15, 0.2) is 0 Å². The van der Waals surface area contributed by atoms with Crippen LogP contribution in [0.4, 0.5) is 4.39 Å². The van der Waals surface area contributed by atoms with Gasteiger partial charge in [-0.25, -0.2) is 4.39 Å². The van der Waals surface area contributed by atoms with E-state index in [1.165, 1.54) is 37.3 Å². The molecule has 1 fully saturated rings. The van der Waals surface area contributed by atoms with Crippen LogP contribution in [0.15, 0.2) is 36.5 Å². The highest BCUT2D eigenvalue weighted by atomic mass is 19.1. The van der Waals surface area contributed by atoms with Gasteiger partial charge in [-0.3, -0.25) is 4.98 Å². The molecule has 2 nitrogen and oxygen atoms in total. The fourth-order valence-corrected chi connectivity index (χ4v) is 3.41. The average Bonchev–Trinajstić information content (AvgIpc) is 2.61. The molecule has 24 heavy (non-hydrogen) atoms. The van der Waals surface area contributed by atoms with Gasteiger partial charge in [0, 0.05) is 17.8 Å². The Hall–Kier alpha value is -1.90. The number of nitrogens with zero attached hydrogens (tertiary/aromatic N) is 1. The molecule has 0 N–H and O–H groups in total. The summed E-state index contributed by atoms with van der Waals surface area (Å²) in [5.41, 5.74) is 2.50. The summed E-state index contributed by atoms with van der Waals surface area (Å²) in [5.74, 6) is 1.75. The summed E-state index contributed by atoms with van der Waals surface area (Å²) < 4.78 is 19.8. The first kappa shape index (κ1) is 16.9. The molecule has 3 heteroatoms. The van der Waals surface area contributed by atoms with Crippen LogP contribution >= 0.6 is 0 Å². The normalized spacial score (nSPS) is 20.8. The summed E-state index contributed by atoms with van der Waals surface area (Å²) in [6.45, 7) is 4.96. The van der Waals surface area contributed by atoms with Gasteiger partial charge < -0.3 is 4.74 Å². The highest BCUT2D eigenvalue weighted by molar-refractivity contribution is 5.61. The molecule has 1 aliphatic rings. The minimum Gasteiger partial charge on any atom is -0.494 e. The minimum atomic E-state index is -0.282. The van der Waals surface area contributed by atoms with Crippen molar-refractivity contribution in [2.75, 3.05) is 6.61 Å². The van der Waals surface area contributed by atoms with E-state index < -0.39 is 0 Å². The Morgan fingerprint density at radius 2 is 1.92 bits per heavy atom. The van der Waals surface area contributed by atoms with Crippen LogP contribution in [-0.2, 0) is 0 Å². The molecular formula is C21H26FNO. The molecule has 0 amide bonds. The second kappa shape index (κ2) is 7.78. The average molecular weight is 327 g/mol. The Bertz CT molecular complexity index is 660. The molecular weight excluding hydrogens is 301 g/mol. The second-order valence-corrected chi connectivity index (χ2v) is 6.92. The third-order valence-corrected chi connectivity index (χ3v) is 4.96. The van der Waals surface area contributed by atoms with Crippen LogP contribution < -0.4 is 4.74 Å². The Kier molecular flexibility index (Phi) is 5.49. The van der Waals surface area contributed by atoms with Crippen LogP contribution in [0.1, 0.15) is 57.4 Å². The van der Waals surface area contributed by atoms with Crippen LogP contribution in [-0.4, -0.2) is 11.6 Å². The van der Waals surface area contributed by atoms with E-state index in [9.17, 15) is 4.39 Å². The molecule has 128 valence electrons. The van der Waals surface area contributed by atoms with Gasteiger partial charge in [-0.15, -0.1) is 0 Å². The maximum atomic E-state index is 14.3. The predicted octanol–water partition coefficient (Wildman–Crippen LogP) is 5.97. The van der Waals surface area contributed by atoms with Crippen molar-refractivity contribution >= 4 is 0 Å². The first-order valence-electron chi connectivity index (χ1n) is 9.06. The first-order valence-corrected chi connectivity index (χ1v) is 9.06. The molecule has 0 saturated heterocycles. The second-order valence-electron chi connectivity index (χ2n) is 6.92. The summed E-state index contributed by atoms with van der Waals surface area (Å²) >= 11 is 0. The lowest BCUT2D eigenvalue weighted by atomic mass is 9.80. The molecule has 0 spiro atoms. The quantitative estimate of drug-likeness (QED) is 0.675. The minimum absolute atomic E-state index is 0.282. The van der Waals surface area contributed by atoms with Crippen LogP contribution in [0, 0.1) is 11.7 Å². The van der Waals surface area contributed by atoms with Crippen LogP contribution in [0.3, 0.4) is 0 Å². The van der Waals surface area contributed by atoms with Gasteiger partial charge in [-0.05, 0) is 54.9 Å². The monoisotopic (exact) mass is 327 g/mol. The number of halogens is 1.